The summed E-state index contributed by atoms with van der Waals surface area (Å²) in [5.74, 6) is -4.86. The summed E-state index contributed by atoms with van der Waals surface area (Å²) in [6.45, 7) is -2.76. The van der Waals surface area contributed by atoms with Crippen molar-refractivity contribution in [1.82, 2.24) is 10.3 Å². The van der Waals surface area contributed by atoms with Crippen molar-refractivity contribution in [2.75, 3.05) is 13.2 Å². The van der Waals surface area contributed by atoms with Crippen molar-refractivity contribution in [3.63, 3.8) is 0 Å². The number of halogens is 5. The number of alkyl halides is 5. The molecule has 10 heteroatoms. The number of hydrogen-bond donors (Lipinski definition) is 3. The van der Waals surface area contributed by atoms with Gasteiger partial charge in [-0.1, -0.05) is 0 Å². The van der Waals surface area contributed by atoms with Crippen molar-refractivity contribution in [3.05, 3.63) is 33.7 Å². The van der Waals surface area contributed by atoms with Crippen molar-refractivity contribution in [2.45, 2.75) is 12.1 Å². The van der Waals surface area contributed by atoms with Gasteiger partial charge in [0.1, 0.15) is 17.9 Å². The van der Waals surface area contributed by atoms with E-state index in [1.54, 1.807) is 5.32 Å². The molecule has 1 rings (SSSR count). The van der Waals surface area contributed by atoms with Gasteiger partial charge in [0.05, 0.1) is 6.54 Å². The number of H-pyrrole nitrogens is 1. The van der Waals surface area contributed by atoms with Gasteiger partial charge in [-0.3, -0.25) is 9.59 Å². The summed E-state index contributed by atoms with van der Waals surface area (Å²) < 4.78 is 62.1. The molecular weight excluding hydrogens is 291 g/mol. The lowest BCUT2D eigenvalue weighted by Crippen LogP contribution is -2.40. The molecule has 0 radical (unpaired) electrons. The third kappa shape index (κ3) is 4.02. The Hall–Kier alpha value is -1.97. The Kier molecular flexibility index (Phi) is 4.48. The first-order valence-corrected chi connectivity index (χ1v) is 5.14. The molecule has 0 fully saturated rings. The molecule has 0 bridgehead atoms. The van der Waals surface area contributed by atoms with E-state index in [-0.39, 0.29) is 0 Å². The molecule has 112 valence electrons. The van der Waals surface area contributed by atoms with Gasteiger partial charge in [0, 0.05) is 0 Å². The molecule has 0 saturated carbocycles. The number of carbonyl (C=O) groups is 1. The highest BCUT2D eigenvalue weighted by molar-refractivity contribution is 5.93. The zero-order chi connectivity index (χ0) is 15.6. The van der Waals surface area contributed by atoms with E-state index in [4.69, 9.17) is 5.11 Å². The second kappa shape index (κ2) is 5.57. The van der Waals surface area contributed by atoms with Crippen LogP contribution in [0.1, 0.15) is 16.1 Å². The minimum Gasteiger partial charge on any atom is -0.390 e. The first kappa shape index (κ1) is 16.1. The molecule has 0 spiro atoms. The van der Waals surface area contributed by atoms with Crippen LogP contribution in [0.2, 0.25) is 0 Å². The Balaban J connectivity index is 2.88. The van der Waals surface area contributed by atoms with Crippen LogP contribution in [0.3, 0.4) is 0 Å². The number of amides is 1. The summed E-state index contributed by atoms with van der Waals surface area (Å²) in [6.07, 6.45) is -4.79. The van der Waals surface area contributed by atoms with Crippen LogP contribution in [-0.4, -0.2) is 35.1 Å². The fourth-order valence-corrected chi connectivity index (χ4v) is 1.18. The smallest absolute Gasteiger partial charge is 0.390 e. The van der Waals surface area contributed by atoms with Crippen LogP contribution in [0.4, 0.5) is 22.0 Å². The number of hydrogen-bond acceptors (Lipinski definition) is 3. The highest BCUT2D eigenvalue weighted by atomic mass is 19.4. The Morgan fingerprint density at radius 3 is 2.30 bits per heavy atom. The van der Waals surface area contributed by atoms with Crippen LogP contribution < -0.4 is 10.9 Å². The lowest BCUT2D eigenvalue weighted by atomic mass is 10.2. The predicted molar refractivity (Wildman–Crippen MR) is 56.4 cm³/mol. The number of aliphatic hydroxyl groups excluding tert-OH is 1. The maximum atomic E-state index is 12.7. The normalized spacial score (nSPS) is 12.3. The summed E-state index contributed by atoms with van der Waals surface area (Å²) in [5, 5.41) is 9.90. The molecule has 5 nitrogen and oxygen atoms in total. The van der Waals surface area contributed by atoms with Crippen LogP contribution in [0.5, 0.6) is 0 Å². The molecule has 0 saturated heterocycles. The molecule has 1 aromatic heterocycles. The molecule has 20 heavy (non-hydrogen) atoms. The Morgan fingerprint density at radius 2 is 1.85 bits per heavy atom. The van der Waals surface area contributed by atoms with Gasteiger partial charge in [-0.05, 0) is 12.1 Å². The second-order valence-electron chi connectivity index (χ2n) is 3.81. The third-order valence-corrected chi connectivity index (χ3v) is 2.20. The number of pyridine rings is 1. The first-order valence-electron chi connectivity index (χ1n) is 5.14. The summed E-state index contributed by atoms with van der Waals surface area (Å²) in [4.78, 5) is 24.1. The maximum Gasteiger partial charge on any atom is 0.431 e. The van der Waals surface area contributed by atoms with E-state index in [0.29, 0.717) is 12.1 Å². The highest BCUT2D eigenvalue weighted by Gasteiger charge is 2.33. The maximum absolute atomic E-state index is 12.7. The minimum atomic E-state index is -4.79. The van der Waals surface area contributed by atoms with Crippen molar-refractivity contribution in [3.8, 4) is 0 Å². The van der Waals surface area contributed by atoms with Crippen LogP contribution in [0.15, 0.2) is 16.9 Å². The molecule has 0 aliphatic carbocycles. The average molecular weight is 300 g/mol. The number of rotatable bonds is 4. The van der Waals surface area contributed by atoms with Gasteiger partial charge >= 0.3 is 6.18 Å². The Bertz CT molecular complexity index is 553. The third-order valence-electron chi connectivity index (χ3n) is 2.20. The molecular formula is C10H9F5N2O3. The van der Waals surface area contributed by atoms with E-state index in [9.17, 15) is 31.5 Å². The number of nitrogens with one attached hydrogen (secondary N) is 2. The van der Waals surface area contributed by atoms with Gasteiger partial charge < -0.3 is 15.4 Å². The van der Waals surface area contributed by atoms with Crippen molar-refractivity contribution < 1.29 is 31.9 Å². The second-order valence-corrected chi connectivity index (χ2v) is 3.81. The van der Waals surface area contributed by atoms with E-state index < -0.39 is 48.0 Å². The minimum absolute atomic E-state index is 0.445. The van der Waals surface area contributed by atoms with Gasteiger partial charge in [-0.15, -0.1) is 0 Å². The number of aromatic amines is 1. The summed E-state index contributed by atoms with van der Waals surface area (Å²) in [6, 6.07) is 1.02. The quantitative estimate of drug-likeness (QED) is 0.718. The average Bonchev–Trinajstić information content (AvgIpc) is 2.35. The lowest BCUT2D eigenvalue weighted by Gasteiger charge is -2.13. The first-order chi connectivity index (χ1) is 9.07. The topological polar surface area (TPSA) is 82.2 Å². The SMILES string of the molecule is O=C(NCC(F)(F)CO)c1ccc(C(F)(F)F)[nH]c1=O. The summed E-state index contributed by atoms with van der Waals surface area (Å²) >= 11 is 0. The van der Waals surface area contributed by atoms with E-state index >= 15 is 0 Å². The number of carbonyl (C=O) groups excluding carboxylic acids is 1. The fourth-order valence-electron chi connectivity index (χ4n) is 1.18. The molecule has 3 N–H and O–H groups in total. The predicted octanol–water partition coefficient (Wildman–Crippen LogP) is 0.751. The van der Waals surface area contributed by atoms with E-state index in [0.717, 1.165) is 0 Å². The van der Waals surface area contributed by atoms with Gasteiger partial charge in [0.25, 0.3) is 17.4 Å². The van der Waals surface area contributed by atoms with E-state index in [2.05, 4.69) is 0 Å². The Labute approximate surface area is 108 Å². The van der Waals surface area contributed by atoms with Gasteiger partial charge in [0.2, 0.25) is 0 Å². The van der Waals surface area contributed by atoms with Gasteiger partial charge in [-0.25, -0.2) is 8.78 Å². The van der Waals surface area contributed by atoms with Crippen molar-refractivity contribution in [1.29, 1.82) is 0 Å². The van der Waals surface area contributed by atoms with Crippen molar-refractivity contribution >= 4 is 5.91 Å². The lowest BCUT2D eigenvalue weighted by molar-refractivity contribution is -0.141. The molecule has 0 unspecified atom stereocenters. The van der Waals surface area contributed by atoms with E-state index in [1.165, 1.54) is 4.98 Å². The molecule has 0 aliphatic heterocycles. The molecule has 0 atom stereocenters. The molecule has 1 heterocycles. The Morgan fingerprint density at radius 1 is 1.25 bits per heavy atom. The molecule has 1 aromatic rings. The largest absolute Gasteiger partial charge is 0.431 e. The van der Waals surface area contributed by atoms with Crippen LogP contribution in [0.25, 0.3) is 0 Å². The zero-order valence-electron chi connectivity index (χ0n) is 9.72. The van der Waals surface area contributed by atoms with Gasteiger partial charge in [-0.2, -0.15) is 13.2 Å². The van der Waals surface area contributed by atoms with Crippen LogP contribution >= 0.6 is 0 Å². The van der Waals surface area contributed by atoms with Crippen LogP contribution in [-0.2, 0) is 6.18 Å². The number of aromatic nitrogens is 1. The van der Waals surface area contributed by atoms with Crippen LogP contribution in [0, 0.1) is 0 Å². The molecule has 0 aromatic carbocycles. The van der Waals surface area contributed by atoms with E-state index in [1.807, 2.05) is 0 Å². The fraction of sp³-hybridized carbons (Fsp3) is 0.400. The molecule has 1 amide bonds. The zero-order valence-corrected chi connectivity index (χ0v) is 9.72. The summed E-state index contributed by atoms with van der Waals surface area (Å²) in [7, 11) is 0. The number of aliphatic hydroxyl groups is 1. The summed E-state index contributed by atoms with van der Waals surface area (Å²) in [5.41, 5.74) is -3.46. The standard InChI is InChI=1S/C10H9F5N2O3/c11-9(12,4-18)3-16-7(19)5-1-2-6(10(13,14)15)17-8(5)20/h1-2,18H,3-4H2,(H,16,19)(H,17,20). The monoisotopic (exact) mass is 300 g/mol. The molecule has 0 aliphatic rings. The highest BCUT2D eigenvalue weighted by Crippen LogP contribution is 2.26. The van der Waals surface area contributed by atoms with Gasteiger partial charge in [0.15, 0.2) is 0 Å². The van der Waals surface area contributed by atoms with Crippen molar-refractivity contribution in [2.24, 2.45) is 0 Å².